The highest BCUT2D eigenvalue weighted by Gasteiger charge is 2.42. The van der Waals surface area contributed by atoms with Crippen LogP contribution in [0.3, 0.4) is 0 Å². The maximum absolute atomic E-state index is 11.7. The molecule has 0 spiro atoms. The number of nitrogens with one attached hydrogen (secondary N) is 2. The molecule has 0 unspecified atom stereocenters. The van der Waals surface area contributed by atoms with Gasteiger partial charge in [-0.05, 0) is 11.0 Å². The van der Waals surface area contributed by atoms with E-state index in [9.17, 15) is 26.4 Å². The van der Waals surface area contributed by atoms with E-state index in [1.165, 1.54) is 6.20 Å². The standard InChI is InChI=1S/C6H5F3N2O4S/c7-6(8,9)5(12)15-11-16(13,14)4-1-2-10-3-4/h1-3,10-11H. The Kier molecular flexibility index (Phi) is 3.24. The van der Waals surface area contributed by atoms with Crippen LogP contribution in [0.4, 0.5) is 13.2 Å². The summed E-state index contributed by atoms with van der Waals surface area (Å²) < 4.78 is 57.3. The first-order chi connectivity index (χ1) is 7.23. The van der Waals surface area contributed by atoms with Crippen LogP contribution in [0, 0.1) is 0 Å². The van der Waals surface area contributed by atoms with E-state index in [1.807, 2.05) is 0 Å². The summed E-state index contributed by atoms with van der Waals surface area (Å²) >= 11 is 0. The second-order valence-corrected chi connectivity index (χ2v) is 4.17. The predicted octanol–water partition coefficient (Wildman–Crippen LogP) is 0.314. The SMILES string of the molecule is O=C(ONS(=O)(=O)c1cc[nH]c1)C(F)(F)F. The van der Waals surface area contributed by atoms with Gasteiger partial charge in [0.2, 0.25) is 0 Å². The van der Waals surface area contributed by atoms with Crippen molar-refractivity contribution in [3.05, 3.63) is 18.5 Å². The number of aromatic amines is 1. The van der Waals surface area contributed by atoms with Crippen LogP contribution in [-0.2, 0) is 19.7 Å². The van der Waals surface area contributed by atoms with E-state index in [2.05, 4.69) is 9.82 Å². The fourth-order valence-electron chi connectivity index (χ4n) is 0.674. The third-order valence-corrected chi connectivity index (χ3v) is 2.53. The Labute approximate surface area is 87.4 Å². The van der Waals surface area contributed by atoms with Crippen molar-refractivity contribution < 1.29 is 31.2 Å². The van der Waals surface area contributed by atoms with E-state index in [0.29, 0.717) is 0 Å². The van der Waals surface area contributed by atoms with Gasteiger partial charge in [0, 0.05) is 12.4 Å². The van der Waals surface area contributed by atoms with Gasteiger partial charge in [-0.2, -0.15) is 13.2 Å². The van der Waals surface area contributed by atoms with Crippen LogP contribution >= 0.6 is 0 Å². The minimum absolute atomic E-state index is 0.359. The van der Waals surface area contributed by atoms with Crippen molar-refractivity contribution in [3.8, 4) is 0 Å². The molecule has 0 fully saturated rings. The molecule has 0 aliphatic carbocycles. The van der Waals surface area contributed by atoms with Gasteiger partial charge in [-0.3, -0.25) is 0 Å². The number of H-pyrrole nitrogens is 1. The summed E-state index contributed by atoms with van der Waals surface area (Å²) in [6, 6.07) is 1.07. The Bertz CT molecular complexity index is 464. The second kappa shape index (κ2) is 4.14. The smallest absolute Gasteiger partial charge is 0.366 e. The molecule has 10 heteroatoms. The van der Waals surface area contributed by atoms with Gasteiger partial charge in [0.25, 0.3) is 10.0 Å². The molecule has 1 aromatic rings. The van der Waals surface area contributed by atoms with Crippen LogP contribution in [0.1, 0.15) is 0 Å². The van der Waals surface area contributed by atoms with Crippen LogP contribution in [-0.4, -0.2) is 25.5 Å². The number of hydrogen-bond acceptors (Lipinski definition) is 4. The molecule has 0 aliphatic heterocycles. The molecular weight excluding hydrogens is 253 g/mol. The Morgan fingerprint density at radius 1 is 1.44 bits per heavy atom. The highest BCUT2D eigenvalue weighted by molar-refractivity contribution is 7.89. The minimum atomic E-state index is -5.26. The third-order valence-electron chi connectivity index (χ3n) is 1.36. The summed E-state index contributed by atoms with van der Waals surface area (Å²) in [6.45, 7) is 0. The zero-order valence-electron chi connectivity index (χ0n) is 7.41. The van der Waals surface area contributed by atoms with Gasteiger partial charge in [-0.15, -0.1) is 0 Å². The topological polar surface area (TPSA) is 88.3 Å². The summed E-state index contributed by atoms with van der Waals surface area (Å²) in [5.41, 5.74) is 0. The second-order valence-electron chi connectivity index (χ2n) is 2.52. The summed E-state index contributed by atoms with van der Waals surface area (Å²) in [6.07, 6.45) is -3.02. The number of hydrogen-bond donors (Lipinski definition) is 2. The van der Waals surface area contributed by atoms with E-state index in [4.69, 9.17) is 0 Å². The molecule has 0 aromatic carbocycles. The molecule has 1 aromatic heterocycles. The van der Waals surface area contributed by atoms with E-state index in [0.717, 1.165) is 17.1 Å². The highest BCUT2D eigenvalue weighted by atomic mass is 32.2. The number of rotatable bonds is 3. The monoisotopic (exact) mass is 258 g/mol. The van der Waals surface area contributed by atoms with Gasteiger partial charge in [-0.1, -0.05) is 0 Å². The number of carbonyl (C=O) groups excluding carboxylic acids is 1. The lowest BCUT2D eigenvalue weighted by Crippen LogP contribution is -2.34. The molecule has 1 heterocycles. The fourth-order valence-corrected chi connectivity index (χ4v) is 1.43. The first-order valence-corrected chi connectivity index (χ1v) is 5.14. The lowest BCUT2D eigenvalue weighted by molar-refractivity contribution is -0.203. The van der Waals surface area contributed by atoms with Crippen molar-refractivity contribution in [3.63, 3.8) is 0 Å². The molecule has 16 heavy (non-hydrogen) atoms. The van der Waals surface area contributed by atoms with Crippen molar-refractivity contribution in [1.82, 2.24) is 9.87 Å². The molecule has 0 aliphatic rings. The summed E-state index contributed by atoms with van der Waals surface area (Å²) in [7, 11) is -4.30. The average Bonchev–Trinajstić information content (AvgIpc) is 2.65. The molecular formula is C6H5F3N2O4S. The number of alkyl halides is 3. The highest BCUT2D eigenvalue weighted by Crippen LogP contribution is 2.16. The number of halogens is 3. The number of aromatic nitrogens is 1. The fraction of sp³-hybridized carbons (Fsp3) is 0.167. The van der Waals surface area contributed by atoms with Crippen molar-refractivity contribution in [1.29, 1.82) is 0 Å². The Morgan fingerprint density at radius 3 is 2.50 bits per heavy atom. The predicted molar refractivity (Wildman–Crippen MR) is 43.3 cm³/mol. The largest absolute Gasteiger partial charge is 0.492 e. The first kappa shape index (κ1) is 12.5. The molecule has 6 nitrogen and oxygen atoms in total. The van der Waals surface area contributed by atoms with Gasteiger partial charge in [0.05, 0.1) is 0 Å². The molecule has 0 saturated heterocycles. The van der Waals surface area contributed by atoms with Gasteiger partial charge in [0.1, 0.15) is 4.90 Å². The van der Waals surface area contributed by atoms with E-state index >= 15 is 0 Å². The van der Waals surface area contributed by atoms with Crippen molar-refractivity contribution >= 4 is 16.0 Å². The van der Waals surface area contributed by atoms with E-state index in [-0.39, 0.29) is 4.90 Å². The van der Waals surface area contributed by atoms with E-state index in [1.54, 1.807) is 0 Å². The van der Waals surface area contributed by atoms with Gasteiger partial charge < -0.3 is 9.82 Å². The van der Waals surface area contributed by atoms with Crippen LogP contribution in [0.2, 0.25) is 0 Å². The molecule has 0 saturated carbocycles. The molecule has 2 N–H and O–H groups in total. The molecule has 0 amide bonds. The average molecular weight is 258 g/mol. The zero-order chi connectivity index (χ0) is 12.4. The van der Waals surface area contributed by atoms with Crippen molar-refractivity contribution in [2.24, 2.45) is 0 Å². The van der Waals surface area contributed by atoms with E-state index < -0.39 is 22.2 Å². The summed E-state index contributed by atoms with van der Waals surface area (Å²) in [5.74, 6) is -2.65. The molecule has 90 valence electrons. The number of sulfonamides is 1. The van der Waals surface area contributed by atoms with Crippen molar-refractivity contribution in [2.75, 3.05) is 0 Å². The van der Waals surface area contributed by atoms with Gasteiger partial charge in [0.15, 0.2) is 0 Å². The lowest BCUT2D eigenvalue weighted by atomic mass is 10.7. The quantitative estimate of drug-likeness (QED) is 0.764. The van der Waals surface area contributed by atoms with Crippen LogP contribution in [0.15, 0.2) is 23.4 Å². The maximum Gasteiger partial charge on any atom is 0.492 e. The first-order valence-electron chi connectivity index (χ1n) is 3.66. The molecule has 0 bridgehead atoms. The Hall–Kier alpha value is -1.55. The molecule has 1 rings (SSSR count). The maximum atomic E-state index is 11.7. The normalized spacial score (nSPS) is 12.4. The summed E-state index contributed by atoms with van der Waals surface area (Å²) in [4.78, 5) is 16.6. The Morgan fingerprint density at radius 2 is 2.06 bits per heavy atom. The lowest BCUT2D eigenvalue weighted by Gasteiger charge is -2.06. The number of carbonyl (C=O) groups is 1. The minimum Gasteiger partial charge on any atom is -0.366 e. The zero-order valence-corrected chi connectivity index (χ0v) is 8.22. The van der Waals surface area contributed by atoms with Crippen LogP contribution in [0.5, 0.6) is 0 Å². The van der Waals surface area contributed by atoms with Crippen LogP contribution < -0.4 is 4.89 Å². The van der Waals surface area contributed by atoms with Crippen LogP contribution in [0.25, 0.3) is 0 Å². The molecule has 0 atom stereocenters. The van der Waals surface area contributed by atoms with Gasteiger partial charge >= 0.3 is 12.1 Å². The summed E-state index contributed by atoms with van der Waals surface area (Å²) in [5, 5.41) is 0. The molecule has 0 radical (unpaired) electrons. The van der Waals surface area contributed by atoms with Gasteiger partial charge in [-0.25, -0.2) is 13.2 Å². The Balaban J connectivity index is 2.67. The third kappa shape index (κ3) is 2.97. The van der Waals surface area contributed by atoms with Crippen molar-refractivity contribution in [2.45, 2.75) is 11.1 Å².